The van der Waals surface area contributed by atoms with Crippen LogP contribution in [-0.2, 0) is 4.74 Å². The number of ether oxygens (including phenoxy) is 1. The highest BCUT2D eigenvalue weighted by Gasteiger charge is 2.22. The minimum atomic E-state index is 0.460. The summed E-state index contributed by atoms with van der Waals surface area (Å²) in [7, 11) is 0. The second-order valence-corrected chi connectivity index (χ2v) is 5.26. The van der Waals surface area contributed by atoms with Crippen LogP contribution in [0.1, 0.15) is 58.3 Å². The van der Waals surface area contributed by atoms with E-state index in [0.29, 0.717) is 6.10 Å². The molecule has 1 N–H and O–H groups in total. The molecule has 0 amide bonds. The average molecular weight is 211 g/mol. The van der Waals surface area contributed by atoms with Crippen molar-refractivity contribution >= 4 is 0 Å². The second-order valence-electron chi connectivity index (χ2n) is 5.26. The van der Waals surface area contributed by atoms with Gasteiger partial charge in [0.1, 0.15) is 0 Å². The lowest BCUT2D eigenvalue weighted by molar-refractivity contribution is 0.0109. The van der Waals surface area contributed by atoms with Crippen LogP contribution in [0.5, 0.6) is 0 Å². The van der Waals surface area contributed by atoms with Crippen LogP contribution in [0.4, 0.5) is 0 Å². The van der Waals surface area contributed by atoms with E-state index in [4.69, 9.17) is 4.74 Å². The lowest BCUT2D eigenvalue weighted by Gasteiger charge is -2.31. The van der Waals surface area contributed by atoms with Crippen molar-refractivity contribution in [3.05, 3.63) is 0 Å². The van der Waals surface area contributed by atoms with Gasteiger partial charge in [0.2, 0.25) is 0 Å². The van der Waals surface area contributed by atoms with Gasteiger partial charge in [-0.1, -0.05) is 25.7 Å². The molecule has 2 fully saturated rings. The van der Waals surface area contributed by atoms with Gasteiger partial charge in [-0.25, -0.2) is 0 Å². The minimum absolute atomic E-state index is 0.460. The van der Waals surface area contributed by atoms with Crippen molar-refractivity contribution < 1.29 is 4.74 Å². The third-order valence-corrected chi connectivity index (χ3v) is 3.81. The molecule has 2 nitrogen and oxygen atoms in total. The first-order valence-electron chi connectivity index (χ1n) is 6.72. The van der Waals surface area contributed by atoms with E-state index >= 15 is 0 Å². The summed E-state index contributed by atoms with van der Waals surface area (Å²) in [6.45, 7) is 3.15. The highest BCUT2D eigenvalue weighted by atomic mass is 16.5. The molecule has 0 radical (unpaired) electrons. The van der Waals surface area contributed by atoms with Crippen LogP contribution >= 0.6 is 0 Å². The summed E-state index contributed by atoms with van der Waals surface area (Å²) >= 11 is 0. The van der Waals surface area contributed by atoms with Gasteiger partial charge < -0.3 is 10.1 Å². The first kappa shape index (κ1) is 11.4. The summed E-state index contributed by atoms with van der Waals surface area (Å²) in [5, 5.41) is 3.85. The fourth-order valence-electron chi connectivity index (χ4n) is 2.93. The molecule has 1 saturated heterocycles. The third-order valence-electron chi connectivity index (χ3n) is 3.81. The van der Waals surface area contributed by atoms with E-state index in [1.165, 1.54) is 51.4 Å². The molecule has 1 saturated carbocycles. The zero-order chi connectivity index (χ0) is 10.5. The van der Waals surface area contributed by atoms with E-state index in [1.54, 1.807) is 0 Å². The SMILES string of the molecule is CC1CC(NC2CCCCCC2)CCO1. The highest BCUT2D eigenvalue weighted by Crippen LogP contribution is 2.20. The van der Waals surface area contributed by atoms with Gasteiger partial charge in [0.05, 0.1) is 6.10 Å². The van der Waals surface area contributed by atoms with Gasteiger partial charge in [0.15, 0.2) is 0 Å². The van der Waals surface area contributed by atoms with Crippen LogP contribution in [0.15, 0.2) is 0 Å². The van der Waals surface area contributed by atoms with Crippen LogP contribution in [-0.4, -0.2) is 24.8 Å². The van der Waals surface area contributed by atoms with Crippen molar-refractivity contribution in [3.63, 3.8) is 0 Å². The standard InChI is InChI=1S/C13H25NO/c1-11-10-13(8-9-15-11)14-12-6-4-2-3-5-7-12/h11-14H,2-10H2,1H3. The summed E-state index contributed by atoms with van der Waals surface area (Å²) in [5.41, 5.74) is 0. The van der Waals surface area contributed by atoms with Crippen molar-refractivity contribution in [2.75, 3.05) is 6.61 Å². The Hall–Kier alpha value is -0.0800. The van der Waals surface area contributed by atoms with Gasteiger partial charge in [-0.3, -0.25) is 0 Å². The molecule has 0 aromatic rings. The van der Waals surface area contributed by atoms with Crippen molar-refractivity contribution in [1.29, 1.82) is 0 Å². The van der Waals surface area contributed by atoms with Gasteiger partial charge in [-0.05, 0) is 32.6 Å². The van der Waals surface area contributed by atoms with E-state index in [1.807, 2.05) is 0 Å². The van der Waals surface area contributed by atoms with Crippen LogP contribution in [0, 0.1) is 0 Å². The van der Waals surface area contributed by atoms with Gasteiger partial charge >= 0.3 is 0 Å². The Morgan fingerprint density at radius 3 is 2.33 bits per heavy atom. The number of hydrogen-bond acceptors (Lipinski definition) is 2. The average Bonchev–Trinajstić information content (AvgIpc) is 2.46. The molecule has 0 spiro atoms. The van der Waals surface area contributed by atoms with E-state index < -0.39 is 0 Å². The van der Waals surface area contributed by atoms with Crippen LogP contribution < -0.4 is 5.32 Å². The Kier molecular flexibility index (Phi) is 4.45. The van der Waals surface area contributed by atoms with E-state index in [0.717, 1.165) is 18.7 Å². The number of rotatable bonds is 2. The maximum Gasteiger partial charge on any atom is 0.0561 e. The molecule has 1 aliphatic heterocycles. The topological polar surface area (TPSA) is 21.3 Å². The Labute approximate surface area is 93.8 Å². The molecule has 2 atom stereocenters. The summed E-state index contributed by atoms with van der Waals surface area (Å²) < 4.78 is 5.58. The molecule has 2 aliphatic rings. The maximum atomic E-state index is 5.58. The van der Waals surface area contributed by atoms with Crippen molar-refractivity contribution in [2.24, 2.45) is 0 Å². The molecule has 1 heterocycles. The Bertz CT molecular complexity index is 175. The fourth-order valence-corrected chi connectivity index (χ4v) is 2.93. The van der Waals surface area contributed by atoms with Crippen LogP contribution in [0.25, 0.3) is 0 Å². The molecular weight excluding hydrogens is 186 g/mol. The second kappa shape index (κ2) is 5.86. The molecule has 0 bridgehead atoms. The predicted octanol–water partition coefficient (Wildman–Crippen LogP) is 2.87. The van der Waals surface area contributed by atoms with Crippen molar-refractivity contribution in [2.45, 2.75) is 76.5 Å². The van der Waals surface area contributed by atoms with Crippen molar-refractivity contribution in [1.82, 2.24) is 5.32 Å². The largest absolute Gasteiger partial charge is 0.378 e. The Morgan fingerprint density at radius 2 is 1.67 bits per heavy atom. The first-order chi connectivity index (χ1) is 7.34. The maximum absolute atomic E-state index is 5.58. The molecular formula is C13H25NO. The predicted molar refractivity (Wildman–Crippen MR) is 63.1 cm³/mol. The molecule has 2 heteroatoms. The van der Waals surface area contributed by atoms with Gasteiger partial charge in [-0.2, -0.15) is 0 Å². The zero-order valence-corrected chi connectivity index (χ0v) is 10.0. The smallest absolute Gasteiger partial charge is 0.0561 e. The third kappa shape index (κ3) is 3.76. The number of hydrogen-bond donors (Lipinski definition) is 1. The quantitative estimate of drug-likeness (QED) is 0.709. The van der Waals surface area contributed by atoms with Gasteiger partial charge in [-0.15, -0.1) is 0 Å². The van der Waals surface area contributed by atoms with Crippen molar-refractivity contribution in [3.8, 4) is 0 Å². The zero-order valence-electron chi connectivity index (χ0n) is 10.0. The van der Waals surface area contributed by atoms with E-state index in [2.05, 4.69) is 12.2 Å². The monoisotopic (exact) mass is 211 g/mol. The van der Waals surface area contributed by atoms with Crippen LogP contribution in [0.2, 0.25) is 0 Å². The van der Waals surface area contributed by atoms with E-state index in [9.17, 15) is 0 Å². The summed E-state index contributed by atoms with van der Waals surface area (Å²) in [6, 6.07) is 1.51. The fraction of sp³-hybridized carbons (Fsp3) is 1.00. The van der Waals surface area contributed by atoms with E-state index in [-0.39, 0.29) is 0 Å². The highest BCUT2D eigenvalue weighted by molar-refractivity contribution is 4.80. The molecule has 0 aromatic heterocycles. The normalized spacial score (nSPS) is 35.0. The Morgan fingerprint density at radius 1 is 0.933 bits per heavy atom. The molecule has 2 unspecified atom stereocenters. The number of nitrogens with one attached hydrogen (secondary N) is 1. The van der Waals surface area contributed by atoms with Gasteiger partial charge in [0, 0.05) is 18.7 Å². The summed E-state index contributed by atoms with van der Waals surface area (Å²) in [4.78, 5) is 0. The lowest BCUT2D eigenvalue weighted by Crippen LogP contribution is -2.43. The Balaban J connectivity index is 1.74. The molecule has 1 aliphatic carbocycles. The first-order valence-corrected chi connectivity index (χ1v) is 6.72. The van der Waals surface area contributed by atoms with Crippen LogP contribution in [0.3, 0.4) is 0 Å². The molecule has 2 rings (SSSR count). The molecule has 88 valence electrons. The summed E-state index contributed by atoms with van der Waals surface area (Å²) in [5.74, 6) is 0. The molecule has 15 heavy (non-hydrogen) atoms. The minimum Gasteiger partial charge on any atom is -0.378 e. The van der Waals surface area contributed by atoms with Gasteiger partial charge in [0.25, 0.3) is 0 Å². The lowest BCUT2D eigenvalue weighted by atomic mass is 10.0. The molecule has 0 aromatic carbocycles. The summed E-state index contributed by atoms with van der Waals surface area (Å²) in [6.07, 6.45) is 11.4.